The van der Waals surface area contributed by atoms with E-state index in [1.54, 1.807) is 24.3 Å². The monoisotopic (exact) mass is 602 g/mol. The van der Waals surface area contributed by atoms with Crippen LogP contribution in [0.5, 0.6) is 5.75 Å². The van der Waals surface area contributed by atoms with Crippen molar-refractivity contribution in [3.05, 3.63) is 29.8 Å². The van der Waals surface area contributed by atoms with Gasteiger partial charge in [0.25, 0.3) is 0 Å². The number of ether oxygens (including phenoxy) is 9. The normalized spacial score (nSPS) is 11.0. The number of benzene rings is 1. The minimum atomic E-state index is -0.865. The van der Waals surface area contributed by atoms with Crippen molar-refractivity contribution in [3.63, 3.8) is 0 Å². The van der Waals surface area contributed by atoms with Crippen molar-refractivity contribution in [2.24, 2.45) is 0 Å². The molecule has 13 heteroatoms. The van der Waals surface area contributed by atoms with Crippen molar-refractivity contribution >= 4 is 18.2 Å². The third-order valence-electron chi connectivity index (χ3n) is 5.26. The van der Waals surface area contributed by atoms with Crippen LogP contribution in [-0.4, -0.2) is 129 Å². The second-order valence-electron chi connectivity index (χ2n) is 8.64. The molecule has 13 nitrogen and oxygen atoms in total. The SMILES string of the molecule is O=Cc1ccc(OCCOCCOCCOCCOCCOCCOCCOCCOC(=O)CCCCC(=O)O)cc1. The number of carbonyl (C=O) groups is 3. The van der Waals surface area contributed by atoms with E-state index in [2.05, 4.69) is 0 Å². The Morgan fingerprint density at radius 2 is 0.929 bits per heavy atom. The molecule has 0 amide bonds. The lowest BCUT2D eigenvalue weighted by molar-refractivity contribution is -0.146. The number of carboxylic acids is 1. The maximum Gasteiger partial charge on any atom is 0.305 e. The summed E-state index contributed by atoms with van der Waals surface area (Å²) in [5.74, 6) is -0.520. The summed E-state index contributed by atoms with van der Waals surface area (Å²) in [6.07, 6.45) is 2.02. The molecule has 0 fully saturated rings. The van der Waals surface area contributed by atoms with Crippen molar-refractivity contribution in [2.75, 3.05) is 106 Å². The van der Waals surface area contributed by atoms with Gasteiger partial charge in [-0.1, -0.05) is 0 Å². The molecule has 0 spiro atoms. The largest absolute Gasteiger partial charge is 0.491 e. The molecule has 1 N–H and O–H groups in total. The summed E-state index contributed by atoms with van der Waals surface area (Å²) in [5, 5.41) is 8.53. The van der Waals surface area contributed by atoms with E-state index in [-0.39, 0.29) is 32.0 Å². The van der Waals surface area contributed by atoms with Crippen LogP contribution in [0.1, 0.15) is 36.0 Å². The van der Waals surface area contributed by atoms with Gasteiger partial charge in [-0.2, -0.15) is 0 Å². The average molecular weight is 603 g/mol. The zero-order chi connectivity index (χ0) is 30.4. The number of hydrogen-bond donors (Lipinski definition) is 1. The predicted molar refractivity (Wildman–Crippen MR) is 150 cm³/mol. The standard InChI is InChI=1S/C29H46O13/c30-25-26-5-7-27(8-6-26)41-23-21-39-19-17-37-15-13-35-11-9-34-10-12-36-14-16-38-18-20-40-22-24-42-29(33)4-2-1-3-28(31)32/h5-8,25H,1-4,9-24H2,(H,31,32). The highest BCUT2D eigenvalue weighted by Crippen LogP contribution is 2.10. The van der Waals surface area contributed by atoms with Crippen LogP contribution in [0.3, 0.4) is 0 Å². The Balaban J connectivity index is 1.68. The van der Waals surface area contributed by atoms with E-state index in [1.165, 1.54) is 0 Å². The molecule has 0 atom stereocenters. The molecule has 0 saturated heterocycles. The second kappa shape index (κ2) is 28.5. The van der Waals surface area contributed by atoms with E-state index in [9.17, 15) is 14.4 Å². The molecular formula is C29H46O13. The number of aliphatic carboxylic acids is 1. The average Bonchev–Trinajstić information content (AvgIpc) is 2.99. The number of carboxylic acid groups (broad SMARTS) is 1. The van der Waals surface area contributed by atoms with Crippen molar-refractivity contribution in [1.29, 1.82) is 0 Å². The van der Waals surface area contributed by atoms with Crippen molar-refractivity contribution in [2.45, 2.75) is 25.7 Å². The second-order valence-corrected chi connectivity index (χ2v) is 8.64. The molecule has 0 aliphatic carbocycles. The minimum Gasteiger partial charge on any atom is -0.491 e. The first-order valence-electron chi connectivity index (χ1n) is 14.2. The maximum absolute atomic E-state index is 11.5. The van der Waals surface area contributed by atoms with Crippen LogP contribution >= 0.6 is 0 Å². The van der Waals surface area contributed by atoms with Crippen molar-refractivity contribution in [3.8, 4) is 5.75 Å². The van der Waals surface area contributed by atoms with E-state index in [1.807, 2.05) is 0 Å². The number of rotatable bonds is 31. The first-order valence-corrected chi connectivity index (χ1v) is 14.2. The zero-order valence-electron chi connectivity index (χ0n) is 24.4. The third kappa shape index (κ3) is 25.1. The molecule has 0 bridgehead atoms. The van der Waals surface area contributed by atoms with Gasteiger partial charge in [0, 0.05) is 18.4 Å². The van der Waals surface area contributed by atoms with Crippen LogP contribution in [0, 0.1) is 0 Å². The summed E-state index contributed by atoms with van der Waals surface area (Å²) >= 11 is 0. The van der Waals surface area contributed by atoms with Gasteiger partial charge in [-0.15, -0.1) is 0 Å². The van der Waals surface area contributed by atoms with Gasteiger partial charge in [0.15, 0.2) is 0 Å². The number of esters is 1. The lowest BCUT2D eigenvalue weighted by Crippen LogP contribution is -2.15. The molecule has 0 saturated carbocycles. The Kier molecular flexibility index (Phi) is 25.3. The smallest absolute Gasteiger partial charge is 0.305 e. The molecule has 1 aromatic rings. The Hall–Kier alpha value is -2.65. The van der Waals surface area contributed by atoms with Gasteiger partial charge in [0.05, 0.1) is 92.5 Å². The van der Waals surface area contributed by atoms with Gasteiger partial charge in [-0.25, -0.2) is 0 Å². The van der Waals surface area contributed by atoms with Gasteiger partial charge < -0.3 is 47.7 Å². The molecule has 0 heterocycles. The molecule has 0 aliphatic rings. The fourth-order valence-corrected chi connectivity index (χ4v) is 3.11. The van der Waals surface area contributed by atoms with Crippen molar-refractivity contribution in [1.82, 2.24) is 0 Å². The quantitative estimate of drug-likeness (QED) is 0.0751. The highest BCUT2D eigenvalue weighted by atomic mass is 16.6. The molecule has 0 radical (unpaired) electrons. The Morgan fingerprint density at radius 1 is 0.548 bits per heavy atom. The third-order valence-corrected chi connectivity index (χ3v) is 5.26. The van der Waals surface area contributed by atoms with E-state index < -0.39 is 5.97 Å². The summed E-state index contributed by atoms with van der Waals surface area (Å²) in [4.78, 5) is 32.5. The van der Waals surface area contributed by atoms with Gasteiger partial charge >= 0.3 is 11.9 Å². The molecule has 240 valence electrons. The molecule has 42 heavy (non-hydrogen) atoms. The van der Waals surface area contributed by atoms with E-state index in [4.69, 9.17) is 47.7 Å². The lowest BCUT2D eigenvalue weighted by Gasteiger charge is -2.09. The first kappa shape index (κ1) is 37.4. The Bertz CT molecular complexity index is 788. The Labute approximate surface area is 247 Å². The van der Waals surface area contributed by atoms with Gasteiger partial charge in [0.1, 0.15) is 25.2 Å². The fraction of sp³-hybridized carbons (Fsp3) is 0.690. The summed E-state index contributed by atoms with van der Waals surface area (Å²) in [6.45, 7) is 6.74. The van der Waals surface area contributed by atoms with Crippen molar-refractivity contribution < 1.29 is 62.1 Å². The highest BCUT2D eigenvalue weighted by Gasteiger charge is 2.04. The minimum absolute atomic E-state index is 0.0587. The fourth-order valence-electron chi connectivity index (χ4n) is 3.11. The number of aldehydes is 1. The molecule has 0 aliphatic heterocycles. The maximum atomic E-state index is 11.5. The van der Waals surface area contributed by atoms with Crippen LogP contribution in [-0.2, 0) is 47.5 Å². The summed E-state index contributed by atoms with van der Waals surface area (Å²) in [6, 6.07) is 6.90. The number of carbonyl (C=O) groups excluding carboxylic acids is 2. The topological polar surface area (TPSA) is 155 Å². The summed E-state index contributed by atoms with van der Waals surface area (Å²) in [5.41, 5.74) is 0.610. The van der Waals surface area contributed by atoms with E-state index in [0.29, 0.717) is 117 Å². The number of unbranched alkanes of at least 4 members (excludes halogenated alkanes) is 1. The predicted octanol–water partition coefficient (Wildman–Crippen LogP) is 2.18. The molecule has 0 aromatic heterocycles. The Morgan fingerprint density at radius 3 is 1.33 bits per heavy atom. The van der Waals surface area contributed by atoms with Crippen LogP contribution in [0.25, 0.3) is 0 Å². The van der Waals surface area contributed by atoms with E-state index >= 15 is 0 Å². The molecular weight excluding hydrogens is 556 g/mol. The molecule has 0 unspecified atom stereocenters. The van der Waals surface area contributed by atoms with Crippen LogP contribution < -0.4 is 4.74 Å². The number of hydrogen-bond acceptors (Lipinski definition) is 12. The molecule has 1 rings (SSSR count). The first-order chi connectivity index (χ1) is 20.6. The van der Waals surface area contributed by atoms with Gasteiger partial charge in [0.2, 0.25) is 0 Å². The highest BCUT2D eigenvalue weighted by molar-refractivity contribution is 5.74. The van der Waals surface area contributed by atoms with Crippen LogP contribution in [0.4, 0.5) is 0 Å². The van der Waals surface area contributed by atoms with Gasteiger partial charge in [-0.05, 0) is 37.1 Å². The van der Waals surface area contributed by atoms with Gasteiger partial charge in [-0.3, -0.25) is 14.4 Å². The van der Waals surface area contributed by atoms with Crippen LogP contribution in [0.15, 0.2) is 24.3 Å². The lowest BCUT2D eigenvalue weighted by atomic mass is 10.2. The van der Waals surface area contributed by atoms with Crippen LogP contribution in [0.2, 0.25) is 0 Å². The molecule has 1 aromatic carbocycles. The summed E-state index contributed by atoms with van der Waals surface area (Å²) < 4.78 is 48.4. The van der Waals surface area contributed by atoms with E-state index in [0.717, 1.165) is 6.29 Å². The zero-order valence-corrected chi connectivity index (χ0v) is 24.4. The summed E-state index contributed by atoms with van der Waals surface area (Å²) in [7, 11) is 0.